The van der Waals surface area contributed by atoms with Crippen molar-refractivity contribution in [2.75, 3.05) is 26.2 Å². The summed E-state index contributed by atoms with van der Waals surface area (Å²) in [4.78, 5) is 24.0. The van der Waals surface area contributed by atoms with Crippen LogP contribution >= 0.6 is 0 Å². The van der Waals surface area contributed by atoms with Crippen LogP contribution in [0, 0.1) is 11.8 Å². The Bertz CT molecular complexity index is 782. The number of piperidine rings is 1. The van der Waals surface area contributed by atoms with Gasteiger partial charge in [0.15, 0.2) is 6.61 Å². The number of hydrogen-bond donors (Lipinski definition) is 1. The van der Waals surface area contributed by atoms with Gasteiger partial charge in [0, 0.05) is 19.6 Å². The minimum Gasteiger partial charge on any atom is -0.452 e. The summed E-state index contributed by atoms with van der Waals surface area (Å²) in [6.45, 7) is 7.40. The van der Waals surface area contributed by atoms with Crippen molar-refractivity contribution in [2.24, 2.45) is 11.8 Å². The summed E-state index contributed by atoms with van der Waals surface area (Å²) in [5.74, 6) is -0.369. The predicted octanol–water partition coefficient (Wildman–Crippen LogP) is 2.82. The number of esters is 1. The average molecular weight is 425 g/mol. The van der Waals surface area contributed by atoms with Crippen molar-refractivity contribution in [2.45, 2.75) is 51.3 Å². The van der Waals surface area contributed by atoms with Crippen LogP contribution in [0.15, 0.2) is 29.2 Å². The average Bonchev–Trinajstić information content (AvgIpc) is 2.68. The third kappa shape index (κ3) is 6.82. The van der Waals surface area contributed by atoms with Crippen molar-refractivity contribution in [1.29, 1.82) is 0 Å². The minimum atomic E-state index is -3.59. The maximum absolute atomic E-state index is 12.9. The second kappa shape index (κ2) is 10.7. The van der Waals surface area contributed by atoms with Crippen LogP contribution in [0.3, 0.4) is 0 Å². The van der Waals surface area contributed by atoms with Crippen LogP contribution in [-0.2, 0) is 19.6 Å². The summed E-state index contributed by atoms with van der Waals surface area (Å²) in [5, 5.41) is 2.70. The molecule has 8 heteroatoms. The summed E-state index contributed by atoms with van der Waals surface area (Å²) in [7, 11) is -3.59. The maximum Gasteiger partial charge on any atom is 0.338 e. The molecule has 1 N–H and O–H groups in total. The molecule has 0 spiro atoms. The SMILES string of the molecule is CCCCCNC(=O)COC(=O)c1ccc(S(=O)(=O)N2C[C@H](C)C[C@@H](C)C2)cc1. The van der Waals surface area contributed by atoms with E-state index in [-0.39, 0.29) is 23.0 Å². The fraction of sp³-hybridized carbons (Fsp3) is 0.619. The Morgan fingerprint density at radius 2 is 1.72 bits per heavy atom. The number of carbonyl (C=O) groups excluding carboxylic acids is 2. The van der Waals surface area contributed by atoms with E-state index in [0.29, 0.717) is 31.5 Å². The molecule has 1 aliphatic rings. The van der Waals surface area contributed by atoms with Crippen LogP contribution in [0.4, 0.5) is 0 Å². The zero-order valence-corrected chi connectivity index (χ0v) is 18.3. The Kier molecular flexibility index (Phi) is 8.64. The molecular weight excluding hydrogens is 392 g/mol. The third-order valence-electron chi connectivity index (χ3n) is 5.00. The van der Waals surface area contributed by atoms with Gasteiger partial charge in [-0.3, -0.25) is 4.79 Å². The van der Waals surface area contributed by atoms with Crippen LogP contribution < -0.4 is 5.32 Å². The standard InChI is InChI=1S/C21H32N2O5S/c1-4-5-6-11-22-20(24)15-28-21(25)18-7-9-19(10-8-18)29(26,27)23-13-16(2)12-17(3)14-23/h7-10,16-17H,4-6,11-15H2,1-3H3,(H,22,24)/t16-,17-/m1/s1. The molecule has 2 atom stereocenters. The highest BCUT2D eigenvalue weighted by Crippen LogP contribution is 2.26. The van der Waals surface area contributed by atoms with E-state index >= 15 is 0 Å². The quantitative estimate of drug-likeness (QED) is 0.486. The highest BCUT2D eigenvalue weighted by atomic mass is 32.2. The number of nitrogens with one attached hydrogen (secondary N) is 1. The first-order valence-corrected chi connectivity index (χ1v) is 11.7. The largest absolute Gasteiger partial charge is 0.452 e. The van der Waals surface area contributed by atoms with Crippen LogP contribution in [0.5, 0.6) is 0 Å². The molecule has 1 amide bonds. The summed E-state index contributed by atoms with van der Waals surface area (Å²) in [5.41, 5.74) is 0.211. The first kappa shape index (κ1) is 23.3. The van der Waals surface area contributed by atoms with Crippen molar-refractivity contribution in [3.8, 4) is 0 Å². The Labute approximate surface area is 173 Å². The van der Waals surface area contributed by atoms with Crippen molar-refractivity contribution < 1.29 is 22.7 Å². The Balaban J connectivity index is 1.92. The van der Waals surface area contributed by atoms with Crippen LogP contribution in [-0.4, -0.2) is 50.8 Å². The number of unbranched alkanes of at least 4 members (excludes halogenated alkanes) is 2. The summed E-state index contributed by atoms with van der Waals surface area (Å²) in [6, 6.07) is 5.68. The van der Waals surface area contributed by atoms with E-state index in [4.69, 9.17) is 4.74 Å². The molecule has 162 valence electrons. The third-order valence-corrected chi connectivity index (χ3v) is 6.85. The molecule has 1 aliphatic heterocycles. The molecule has 1 fully saturated rings. The predicted molar refractivity (Wildman–Crippen MR) is 111 cm³/mol. The van der Waals surface area contributed by atoms with E-state index < -0.39 is 16.0 Å². The van der Waals surface area contributed by atoms with Gasteiger partial charge in [-0.2, -0.15) is 4.31 Å². The Morgan fingerprint density at radius 1 is 1.10 bits per heavy atom. The molecule has 1 aromatic rings. The number of nitrogens with zero attached hydrogens (tertiary/aromatic N) is 1. The zero-order valence-electron chi connectivity index (χ0n) is 17.5. The van der Waals surface area contributed by atoms with Crippen molar-refractivity contribution in [3.63, 3.8) is 0 Å². The first-order valence-electron chi connectivity index (χ1n) is 10.3. The molecule has 29 heavy (non-hydrogen) atoms. The lowest BCUT2D eigenvalue weighted by atomic mass is 9.94. The number of rotatable bonds is 9. The molecule has 1 saturated heterocycles. The summed E-state index contributed by atoms with van der Waals surface area (Å²) in [6.07, 6.45) is 4.00. The lowest BCUT2D eigenvalue weighted by molar-refractivity contribution is -0.124. The van der Waals surface area contributed by atoms with Crippen molar-refractivity contribution in [3.05, 3.63) is 29.8 Å². The molecule has 0 radical (unpaired) electrons. The Hall–Kier alpha value is -1.93. The van der Waals surface area contributed by atoms with Gasteiger partial charge >= 0.3 is 5.97 Å². The Morgan fingerprint density at radius 3 is 2.31 bits per heavy atom. The summed E-state index contributed by atoms with van der Waals surface area (Å²) >= 11 is 0. The van der Waals surface area contributed by atoms with E-state index in [2.05, 4.69) is 26.1 Å². The lowest BCUT2D eigenvalue weighted by Crippen LogP contribution is -2.42. The van der Waals surface area contributed by atoms with E-state index in [9.17, 15) is 18.0 Å². The van der Waals surface area contributed by atoms with Gasteiger partial charge in [-0.05, 0) is 48.9 Å². The zero-order chi connectivity index (χ0) is 21.4. The fourth-order valence-corrected chi connectivity index (χ4v) is 5.26. The highest BCUT2D eigenvalue weighted by molar-refractivity contribution is 7.89. The van der Waals surface area contributed by atoms with Gasteiger partial charge in [0.2, 0.25) is 10.0 Å². The van der Waals surface area contributed by atoms with E-state index in [0.717, 1.165) is 25.7 Å². The van der Waals surface area contributed by atoms with E-state index in [1.807, 2.05) is 0 Å². The first-order chi connectivity index (χ1) is 13.7. The molecular formula is C21H32N2O5S. The molecule has 7 nitrogen and oxygen atoms in total. The van der Waals surface area contributed by atoms with Gasteiger partial charge in [0.25, 0.3) is 5.91 Å². The number of amides is 1. The smallest absolute Gasteiger partial charge is 0.338 e. The molecule has 1 heterocycles. The maximum atomic E-state index is 12.9. The number of hydrogen-bond acceptors (Lipinski definition) is 5. The normalized spacial score (nSPS) is 20.2. The number of benzene rings is 1. The van der Waals surface area contributed by atoms with Gasteiger partial charge in [-0.25, -0.2) is 13.2 Å². The molecule has 0 aliphatic carbocycles. The van der Waals surface area contributed by atoms with Crippen LogP contribution in [0.25, 0.3) is 0 Å². The van der Waals surface area contributed by atoms with Gasteiger partial charge in [-0.15, -0.1) is 0 Å². The van der Waals surface area contributed by atoms with Gasteiger partial charge in [-0.1, -0.05) is 33.6 Å². The van der Waals surface area contributed by atoms with Crippen molar-refractivity contribution in [1.82, 2.24) is 9.62 Å². The lowest BCUT2D eigenvalue weighted by Gasteiger charge is -2.34. The number of ether oxygens (including phenoxy) is 1. The molecule has 0 aromatic heterocycles. The summed E-state index contributed by atoms with van der Waals surface area (Å²) < 4.78 is 32.3. The second-order valence-corrected chi connectivity index (χ2v) is 9.86. The van der Waals surface area contributed by atoms with Gasteiger partial charge < -0.3 is 10.1 Å². The number of sulfonamides is 1. The van der Waals surface area contributed by atoms with Gasteiger partial charge in [0.05, 0.1) is 10.5 Å². The van der Waals surface area contributed by atoms with E-state index in [1.165, 1.54) is 28.6 Å². The minimum absolute atomic E-state index is 0.156. The highest BCUT2D eigenvalue weighted by Gasteiger charge is 2.31. The van der Waals surface area contributed by atoms with Crippen LogP contribution in [0.2, 0.25) is 0 Å². The number of carbonyl (C=O) groups is 2. The second-order valence-electron chi connectivity index (χ2n) is 7.93. The molecule has 0 saturated carbocycles. The molecule has 0 unspecified atom stereocenters. The molecule has 0 bridgehead atoms. The van der Waals surface area contributed by atoms with E-state index in [1.54, 1.807) is 0 Å². The van der Waals surface area contributed by atoms with Gasteiger partial charge in [0.1, 0.15) is 0 Å². The fourth-order valence-electron chi connectivity index (χ4n) is 3.58. The molecule has 2 rings (SSSR count). The topological polar surface area (TPSA) is 92.8 Å². The molecule has 1 aromatic carbocycles. The monoisotopic (exact) mass is 424 g/mol. The van der Waals surface area contributed by atoms with Crippen LogP contribution in [0.1, 0.15) is 56.8 Å². The van der Waals surface area contributed by atoms with Crippen molar-refractivity contribution >= 4 is 21.9 Å².